The number of carboxylic acid groups (broad SMARTS) is 1. The van der Waals surface area contributed by atoms with E-state index in [0.29, 0.717) is 34.8 Å². The van der Waals surface area contributed by atoms with E-state index in [2.05, 4.69) is 10.3 Å². The summed E-state index contributed by atoms with van der Waals surface area (Å²) in [5, 5.41) is 15.1. The van der Waals surface area contributed by atoms with Gasteiger partial charge in [-0.2, -0.15) is 0 Å². The van der Waals surface area contributed by atoms with Crippen molar-refractivity contribution in [3.05, 3.63) is 69.3 Å². The number of thiocarbonyl (C=S) groups is 1. The number of fused-ring (bicyclic) bond motifs is 3. The molecule has 0 saturated heterocycles. The van der Waals surface area contributed by atoms with Gasteiger partial charge >= 0.3 is 6.09 Å². The highest BCUT2D eigenvalue weighted by Crippen LogP contribution is 2.39. The average molecular weight is 675 g/mol. The quantitative estimate of drug-likeness (QED) is 0.166. The number of aromatic amines is 1. The number of halogens is 2. The third-order valence-corrected chi connectivity index (χ3v) is 9.77. The summed E-state index contributed by atoms with van der Waals surface area (Å²) in [5.41, 5.74) is 7.87. The molecule has 0 spiro atoms. The molecule has 4 rings (SSSR count). The van der Waals surface area contributed by atoms with E-state index in [-0.39, 0.29) is 36.2 Å². The van der Waals surface area contributed by atoms with Crippen molar-refractivity contribution in [2.75, 3.05) is 7.05 Å². The van der Waals surface area contributed by atoms with Crippen molar-refractivity contribution in [3.63, 3.8) is 0 Å². The molecule has 0 saturated carbocycles. The smallest absolute Gasteiger partial charge is 0.408 e. The molecule has 3 unspecified atom stereocenters. The molecule has 3 amide bonds. The number of aryl methyl sites for hydroxylation is 1. The number of carbonyl (C=O) groups excluding carboxylic acids is 2. The highest BCUT2D eigenvalue weighted by molar-refractivity contribution is 7.80. The number of aromatic nitrogens is 1. The SMILES string of the molecule is CCCC(C(N)=S)N(C)C(=O)C1(NC(=O)[C@H](C(C)CC)N(Cc2ccccc2)C(=O)O)CCc2[nH]c3c(Cl)cc(Cl)cc3c2C1. The summed E-state index contributed by atoms with van der Waals surface area (Å²) in [7, 11) is 1.65. The van der Waals surface area contributed by atoms with Gasteiger partial charge < -0.3 is 26.0 Å². The molecule has 0 radical (unpaired) electrons. The molecule has 1 aromatic heterocycles. The zero-order chi connectivity index (χ0) is 33.1. The van der Waals surface area contributed by atoms with Gasteiger partial charge in [-0.25, -0.2) is 4.79 Å². The lowest BCUT2D eigenvalue weighted by atomic mass is 9.77. The van der Waals surface area contributed by atoms with Crippen LogP contribution in [0.4, 0.5) is 4.79 Å². The standard InChI is InChI=1S/C33H41Cl2N5O4S/c1-5-10-26(29(36)45)39(4)31(42)33(14-13-25-23(17-33)22-15-21(34)16-24(35)27(22)37-25)38-30(41)28(19(3)6-2)40(32(43)44)18-20-11-8-7-9-12-20/h7-9,11-12,15-16,19,26,28,37H,5-6,10,13-14,17-18H2,1-4H3,(H2,36,45)(H,38,41)(H,43,44)/t19?,26?,28-,33?/m0/s1. The molecule has 1 heterocycles. The molecule has 5 N–H and O–H groups in total. The van der Waals surface area contributed by atoms with Gasteiger partial charge in [0.05, 0.1) is 21.6 Å². The van der Waals surface area contributed by atoms with Crippen molar-refractivity contribution < 1.29 is 19.5 Å². The summed E-state index contributed by atoms with van der Waals surface area (Å²) < 4.78 is 0. The van der Waals surface area contributed by atoms with E-state index in [0.717, 1.165) is 33.5 Å². The lowest BCUT2D eigenvalue weighted by Crippen LogP contribution is -2.66. The minimum absolute atomic E-state index is 0.0169. The number of rotatable bonds is 12. The van der Waals surface area contributed by atoms with Crippen LogP contribution in [0.25, 0.3) is 10.9 Å². The maximum absolute atomic E-state index is 14.6. The molecule has 0 fully saturated rings. The third-order valence-electron chi connectivity index (χ3n) is 8.98. The van der Waals surface area contributed by atoms with Gasteiger partial charge in [-0.05, 0) is 48.4 Å². The second-order valence-electron chi connectivity index (χ2n) is 12.0. The monoisotopic (exact) mass is 673 g/mol. The lowest BCUT2D eigenvalue weighted by molar-refractivity contribution is -0.144. The maximum atomic E-state index is 14.6. The molecule has 4 atom stereocenters. The highest BCUT2D eigenvalue weighted by Gasteiger charge is 2.48. The fourth-order valence-electron chi connectivity index (χ4n) is 6.40. The Labute approximate surface area is 279 Å². The summed E-state index contributed by atoms with van der Waals surface area (Å²) in [6.07, 6.45) is 1.47. The van der Waals surface area contributed by atoms with Crippen molar-refractivity contribution in [2.45, 2.75) is 83.5 Å². The van der Waals surface area contributed by atoms with Crippen molar-refractivity contribution in [3.8, 4) is 0 Å². The van der Waals surface area contributed by atoms with Crippen LogP contribution in [0, 0.1) is 5.92 Å². The van der Waals surface area contributed by atoms with Gasteiger partial charge in [0.2, 0.25) is 11.8 Å². The second kappa shape index (κ2) is 14.4. The van der Waals surface area contributed by atoms with Gasteiger partial charge in [0.25, 0.3) is 0 Å². The van der Waals surface area contributed by atoms with Crippen LogP contribution in [0.2, 0.25) is 10.0 Å². The van der Waals surface area contributed by atoms with Gasteiger partial charge in [-0.15, -0.1) is 0 Å². The first-order chi connectivity index (χ1) is 21.3. The van der Waals surface area contributed by atoms with Crippen molar-refractivity contribution in [1.29, 1.82) is 0 Å². The predicted molar refractivity (Wildman–Crippen MR) is 183 cm³/mol. The summed E-state index contributed by atoms with van der Waals surface area (Å²) >= 11 is 18.3. The maximum Gasteiger partial charge on any atom is 0.408 e. The first kappa shape index (κ1) is 34.5. The van der Waals surface area contributed by atoms with E-state index in [1.807, 2.05) is 51.1 Å². The highest BCUT2D eigenvalue weighted by atomic mass is 35.5. The molecular weight excluding hydrogens is 633 g/mol. The van der Waals surface area contributed by atoms with E-state index >= 15 is 0 Å². The van der Waals surface area contributed by atoms with Gasteiger partial charge in [-0.1, -0.05) is 99.4 Å². The van der Waals surface area contributed by atoms with Crippen molar-refractivity contribution in [1.82, 2.24) is 20.1 Å². The Hall–Kier alpha value is -3.34. The Morgan fingerprint density at radius 2 is 1.87 bits per heavy atom. The molecule has 2 aromatic carbocycles. The van der Waals surface area contributed by atoms with Crippen LogP contribution < -0.4 is 11.1 Å². The number of nitrogens with two attached hydrogens (primary N) is 1. The van der Waals surface area contributed by atoms with Gasteiger partial charge in [0, 0.05) is 36.1 Å². The molecule has 0 aliphatic heterocycles. The molecule has 1 aliphatic carbocycles. The minimum Gasteiger partial charge on any atom is -0.465 e. The summed E-state index contributed by atoms with van der Waals surface area (Å²) in [6.45, 7) is 5.76. The molecular formula is C33H41Cl2N5O4S. The Kier molecular flexibility index (Phi) is 11.0. The van der Waals surface area contributed by atoms with Gasteiger partial charge in [0.15, 0.2) is 0 Å². The Balaban J connectivity index is 1.81. The van der Waals surface area contributed by atoms with Crippen LogP contribution in [0.15, 0.2) is 42.5 Å². The fourth-order valence-corrected chi connectivity index (χ4v) is 7.22. The minimum atomic E-state index is -1.41. The number of nitrogens with zero attached hydrogens (tertiary/aromatic N) is 2. The summed E-state index contributed by atoms with van der Waals surface area (Å²) in [4.78, 5) is 48.0. The summed E-state index contributed by atoms with van der Waals surface area (Å²) in [6, 6.07) is 11.0. The first-order valence-electron chi connectivity index (χ1n) is 15.2. The van der Waals surface area contributed by atoms with Crippen LogP contribution in [0.3, 0.4) is 0 Å². The van der Waals surface area contributed by atoms with E-state index in [9.17, 15) is 19.5 Å². The number of nitrogens with one attached hydrogen (secondary N) is 2. The van der Waals surface area contributed by atoms with Gasteiger partial charge in [-0.3, -0.25) is 14.5 Å². The van der Waals surface area contributed by atoms with E-state index in [1.54, 1.807) is 19.2 Å². The zero-order valence-corrected chi connectivity index (χ0v) is 28.4. The molecule has 45 heavy (non-hydrogen) atoms. The van der Waals surface area contributed by atoms with Crippen molar-refractivity contribution >= 4 is 69.2 Å². The molecule has 12 heteroatoms. The Bertz CT molecular complexity index is 1580. The third kappa shape index (κ3) is 7.23. The van der Waals surface area contributed by atoms with Crippen LogP contribution in [0.5, 0.6) is 0 Å². The van der Waals surface area contributed by atoms with E-state index in [4.69, 9.17) is 41.2 Å². The molecule has 9 nitrogen and oxygen atoms in total. The van der Waals surface area contributed by atoms with E-state index < -0.39 is 29.6 Å². The molecule has 1 aliphatic rings. The van der Waals surface area contributed by atoms with Crippen LogP contribution in [-0.4, -0.2) is 67.5 Å². The van der Waals surface area contributed by atoms with Crippen molar-refractivity contribution in [2.24, 2.45) is 11.7 Å². The topological polar surface area (TPSA) is 132 Å². The number of hydrogen-bond donors (Lipinski definition) is 4. The predicted octanol–water partition coefficient (Wildman–Crippen LogP) is 6.33. The summed E-state index contributed by atoms with van der Waals surface area (Å²) in [5.74, 6) is -1.22. The number of carbonyl (C=O) groups is 3. The first-order valence-corrected chi connectivity index (χ1v) is 16.4. The van der Waals surface area contributed by atoms with Crippen LogP contribution >= 0.6 is 35.4 Å². The zero-order valence-electron chi connectivity index (χ0n) is 26.0. The number of likely N-dealkylation sites (N-methyl/N-ethyl adjacent to an activating group) is 1. The normalized spacial score (nSPS) is 18.0. The number of hydrogen-bond acceptors (Lipinski definition) is 4. The van der Waals surface area contributed by atoms with Crippen LogP contribution in [0.1, 0.15) is 63.3 Å². The van der Waals surface area contributed by atoms with Gasteiger partial charge in [0.1, 0.15) is 11.6 Å². The molecule has 3 aromatic rings. The second-order valence-corrected chi connectivity index (χ2v) is 13.3. The van der Waals surface area contributed by atoms with Crippen LogP contribution in [-0.2, 0) is 29.0 Å². The number of benzene rings is 2. The molecule has 0 bridgehead atoms. The average Bonchev–Trinajstić information content (AvgIpc) is 3.36. The number of H-pyrrole nitrogens is 1. The lowest BCUT2D eigenvalue weighted by Gasteiger charge is -2.43. The number of amides is 3. The Morgan fingerprint density at radius 1 is 1.18 bits per heavy atom. The fraction of sp³-hybridized carbons (Fsp3) is 0.455. The largest absolute Gasteiger partial charge is 0.465 e. The Morgan fingerprint density at radius 3 is 2.47 bits per heavy atom. The van der Waals surface area contributed by atoms with E-state index in [1.165, 1.54) is 4.90 Å². The molecule has 242 valence electrons.